The third-order valence-corrected chi connectivity index (χ3v) is 12.6. The summed E-state index contributed by atoms with van der Waals surface area (Å²) < 4.78 is 20.2. The second-order valence-electron chi connectivity index (χ2n) is 16.3. The van der Waals surface area contributed by atoms with Crippen molar-refractivity contribution in [3.8, 4) is 67.9 Å². The van der Waals surface area contributed by atoms with Gasteiger partial charge in [0, 0.05) is 44.5 Å². The highest BCUT2D eigenvalue weighted by Gasteiger charge is 2.50. The van der Waals surface area contributed by atoms with Gasteiger partial charge in [-0.15, -0.1) is 0 Å². The van der Waals surface area contributed by atoms with E-state index in [1.807, 2.05) is 72.8 Å². The number of furan rings is 1. The highest BCUT2D eigenvalue weighted by molar-refractivity contribution is 6.09. The summed E-state index contributed by atoms with van der Waals surface area (Å²) in [4.78, 5) is 15.4. The van der Waals surface area contributed by atoms with Gasteiger partial charge in [0.15, 0.2) is 40.5 Å². The van der Waals surface area contributed by atoms with Gasteiger partial charge < -0.3 is 13.9 Å². The van der Waals surface area contributed by atoms with Crippen LogP contribution in [0.2, 0.25) is 0 Å². The first-order chi connectivity index (χ1) is 29.5. The van der Waals surface area contributed by atoms with Crippen LogP contribution in [0.4, 0.5) is 0 Å². The van der Waals surface area contributed by atoms with Crippen LogP contribution < -0.4 is 9.47 Å². The third kappa shape index (κ3) is 5.30. The fraction of sp³-hybridized carbons (Fsp3) is 0.0926. The molecule has 0 bridgehead atoms. The molecule has 12 rings (SSSR count). The van der Waals surface area contributed by atoms with Gasteiger partial charge in [-0.3, -0.25) is 0 Å². The smallest absolute Gasteiger partial charge is 0.177 e. The van der Waals surface area contributed by atoms with Crippen molar-refractivity contribution in [3.63, 3.8) is 0 Å². The minimum Gasteiger partial charge on any atom is -0.455 e. The quantitative estimate of drug-likeness (QED) is 0.173. The number of ether oxygens (including phenoxy) is 2. The molecule has 9 aromatic rings. The fourth-order valence-corrected chi connectivity index (χ4v) is 9.60. The first-order valence-corrected chi connectivity index (χ1v) is 20.4. The molecule has 6 heteroatoms. The average molecular weight is 776 g/mol. The van der Waals surface area contributed by atoms with Crippen LogP contribution in [0.25, 0.3) is 78.4 Å². The lowest BCUT2D eigenvalue weighted by Gasteiger charge is -2.35. The maximum Gasteiger partial charge on any atom is 0.177 e. The molecule has 0 amide bonds. The Morgan fingerprint density at radius 3 is 1.98 bits per heavy atom. The number of rotatable bonds is 5. The second kappa shape index (κ2) is 13.2. The van der Waals surface area contributed by atoms with Crippen molar-refractivity contribution in [2.45, 2.75) is 25.2 Å². The van der Waals surface area contributed by atoms with Crippen LogP contribution in [0.15, 0.2) is 192 Å². The summed E-state index contributed by atoms with van der Waals surface area (Å²) in [7, 11) is 0. The number of hydrogen-bond acceptors (Lipinski definition) is 6. The molecule has 6 nitrogen and oxygen atoms in total. The Kier molecular flexibility index (Phi) is 7.60. The molecule has 0 fully saturated rings. The maximum absolute atomic E-state index is 6.90. The zero-order valence-electron chi connectivity index (χ0n) is 33.0. The zero-order valence-corrected chi connectivity index (χ0v) is 33.0. The highest BCUT2D eigenvalue weighted by Crippen LogP contribution is 2.58. The number of allylic oxidation sites excluding steroid dienone is 3. The Morgan fingerprint density at radius 2 is 1.13 bits per heavy atom. The van der Waals surface area contributed by atoms with Gasteiger partial charge in [0.1, 0.15) is 11.2 Å². The minimum absolute atomic E-state index is 0.0329. The standard InChI is InChI=1S/C54H37N3O3/c1-54(2)42-23-10-8-19-41(42)47-43(54)30-31-46-50(47)60-45-25-13-22-38(49(45)59-46)36-16-6-7-18-40(36)53-56-51(33-14-4-3-5-15-33)55-52(57-53)34-28-26-32(27-29-34)35-20-12-21-39-37-17-9-11-24-44(37)58-48(35)39/h3-31,43,47H,1-2H3. The van der Waals surface area contributed by atoms with Crippen molar-refractivity contribution in [2.24, 2.45) is 5.92 Å². The number of aromatic nitrogens is 3. The SMILES string of the molecule is CC1(C)c2ccccc2C2C3=C(C=CC21)Oc1c(cccc1-c1ccccc1-c1nc(-c2ccccc2)nc(-c2ccc(-c4cccc5c4oc4ccccc45)cc2)n1)O3. The van der Waals surface area contributed by atoms with Gasteiger partial charge in [0.05, 0.1) is 5.92 Å². The van der Waals surface area contributed by atoms with E-state index in [9.17, 15) is 0 Å². The Labute approximate surface area is 347 Å². The average Bonchev–Trinajstić information content (AvgIpc) is 3.80. The molecule has 3 heterocycles. The molecule has 0 saturated heterocycles. The summed E-state index contributed by atoms with van der Waals surface area (Å²) in [5.41, 5.74) is 10.9. The molecule has 2 aliphatic carbocycles. The van der Waals surface area contributed by atoms with E-state index in [2.05, 4.69) is 117 Å². The topological polar surface area (TPSA) is 70.3 Å². The number of benzene rings is 7. The molecule has 0 saturated carbocycles. The molecule has 2 aromatic heterocycles. The van der Waals surface area contributed by atoms with Gasteiger partial charge >= 0.3 is 0 Å². The summed E-state index contributed by atoms with van der Waals surface area (Å²) in [6.45, 7) is 4.66. The lowest BCUT2D eigenvalue weighted by molar-refractivity contribution is 0.247. The Balaban J connectivity index is 0.945. The molecule has 2 unspecified atom stereocenters. The fourth-order valence-electron chi connectivity index (χ4n) is 9.60. The van der Waals surface area contributed by atoms with E-state index in [-0.39, 0.29) is 17.3 Å². The molecule has 0 N–H and O–H groups in total. The van der Waals surface area contributed by atoms with Crippen LogP contribution in [0, 0.1) is 5.92 Å². The summed E-state index contributed by atoms with van der Waals surface area (Å²) >= 11 is 0. The molecular weight excluding hydrogens is 739 g/mol. The highest BCUT2D eigenvalue weighted by atomic mass is 16.6. The van der Waals surface area contributed by atoms with E-state index in [1.165, 1.54) is 11.1 Å². The van der Waals surface area contributed by atoms with Crippen molar-refractivity contribution in [2.75, 3.05) is 0 Å². The van der Waals surface area contributed by atoms with Crippen molar-refractivity contribution < 1.29 is 13.9 Å². The summed E-state index contributed by atoms with van der Waals surface area (Å²) in [5, 5.41) is 2.21. The number of fused-ring (bicyclic) bond motifs is 8. The van der Waals surface area contributed by atoms with Crippen LogP contribution in [0.1, 0.15) is 30.9 Å². The molecular formula is C54H37N3O3. The molecule has 0 radical (unpaired) electrons. The van der Waals surface area contributed by atoms with Gasteiger partial charge in [-0.2, -0.15) is 0 Å². The third-order valence-electron chi connectivity index (χ3n) is 12.6. The van der Waals surface area contributed by atoms with E-state index in [0.717, 1.165) is 72.4 Å². The molecule has 3 aliphatic rings. The van der Waals surface area contributed by atoms with Gasteiger partial charge in [0.25, 0.3) is 0 Å². The molecule has 286 valence electrons. The van der Waals surface area contributed by atoms with Gasteiger partial charge in [0.2, 0.25) is 0 Å². The van der Waals surface area contributed by atoms with E-state index in [1.54, 1.807) is 0 Å². The molecule has 60 heavy (non-hydrogen) atoms. The zero-order chi connectivity index (χ0) is 40.0. The first kappa shape index (κ1) is 34.5. The maximum atomic E-state index is 6.90. The van der Waals surface area contributed by atoms with Crippen molar-refractivity contribution >= 4 is 21.9 Å². The number of nitrogens with zero attached hydrogens (tertiary/aromatic N) is 3. The normalized spacial score (nSPS) is 17.1. The summed E-state index contributed by atoms with van der Waals surface area (Å²) in [6.07, 6.45) is 4.40. The summed E-state index contributed by atoms with van der Waals surface area (Å²) in [5.74, 6) is 5.05. The van der Waals surface area contributed by atoms with E-state index in [4.69, 9.17) is 28.8 Å². The predicted molar refractivity (Wildman–Crippen MR) is 237 cm³/mol. The van der Waals surface area contributed by atoms with Gasteiger partial charge in [-0.25, -0.2) is 15.0 Å². The molecule has 0 spiro atoms. The van der Waals surface area contributed by atoms with E-state index in [0.29, 0.717) is 29.0 Å². The summed E-state index contributed by atoms with van der Waals surface area (Å²) in [6, 6.07) is 56.0. The van der Waals surface area contributed by atoms with Crippen molar-refractivity contribution in [1.82, 2.24) is 15.0 Å². The van der Waals surface area contributed by atoms with E-state index >= 15 is 0 Å². The van der Waals surface area contributed by atoms with Crippen molar-refractivity contribution in [1.29, 1.82) is 0 Å². The van der Waals surface area contributed by atoms with Crippen LogP contribution in [0.3, 0.4) is 0 Å². The lowest BCUT2D eigenvalue weighted by Crippen LogP contribution is -2.30. The predicted octanol–water partition coefficient (Wildman–Crippen LogP) is 13.3. The minimum atomic E-state index is -0.0329. The van der Waals surface area contributed by atoms with Crippen LogP contribution in [-0.4, -0.2) is 15.0 Å². The van der Waals surface area contributed by atoms with Crippen LogP contribution in [0.5, 0.6) is 11.5 Å². The Hall–Kier alpha value is -7.57. The second-order valence-corrected chi connectivity index (χ2v) is 16.3. The Morgan fingerprint density at radius 1 is 0.500 bits per heavy atom. The van der Waals surface area contributed by atoms with Crippen LogP contribution in [-0.2, 0) is 5.41 Å². The van der Waals surface area contributed by atoms with Gasteiger partial charge in [-0.05, 0) is 45.9 Å². The van der Waals surface area contributed by atoms with Gasteiger partial charge in [-0.1, -0.05) is 172 Å². The molecule has 1 aliphatic heterocycles. The van der Waals surface area contributed by atoms with E-state index < -0.39 is 0 Å². The van der Waals surface area contributed by atoms with Crippen LogP contribution >= 0.6 is 0 Å². The lowest BCUT2D eigenvalue weighted by atomic mass is 9.73. The Bertz CT molecular complexity index is 3250. The molecule has 7 aromatic carbocycles. The largest absolute Gasteiger partial charge is 0.455 e. The van der Waals surface area contributed by atoms with Crippen molar-refractivity contribution in [3.05, 3.63) is 199 Å². The molecule has 2 atom stereocenters. The number of hydrogen-bond donors (Lipinski definition) is 0. The number of para-hydroxylation sites is 3. The monoisotopic (exact) mass is 775 g/mol. The first-order valence-electron chi connectivity index (χ1n) is 20.4.